The highest BCUT2D eigenvalue weighted by molar-refractivity contribution is 7.15. The van der Waals surface area contributed by atoms with Crippen LogP contribution in [0.2, 0.25) is 0 Å². The van der Waals surface area contributed by atoms with E-state index >= 15 is 0 Å². The van der Waals surface area contributed by atoms with Gasteiger partial charge in [0, 0.05) is 10.4 Å². The Bertz CT molecular complexity index is 1170. The van der Waals surface area contributed by atoms with Gasteiger partial charge in [0.05, 0.1) is 17.9 Å². The Morgan fingerprint density at radius 2 is 1.80 bits per heavy atom. The molecule has 0 bridgehead atoms. The average molecular weight is 508 g/mol. The highest BCUT2D eigenvalue weighted by Crippen LogP contribution is 2.34. The quantitative estimate of drug-likeness (QED) is 0.301. The molecule has 3 rings (SSSR count). The number of rotatable bonds is 10. The Labute approximate surface area is 206 Å². The SMILES string of the molecule is CCc1nc(-c2ccc(C(F)(F)F)cc2)sc1CCCOc1ccc(OC(C)(C)C(=O)O)cc1C. The maximum absolute atomic E-state index is 12.8. The van der Waals surface area contributed by atoms with Crippen molar-refractivity contribution in [2.45, 2.75) is 58.7 Å². The van der Waals surface area contributed by atoms with Gasteiger partial charge in [-0.25, -0.2) is 9.78 Å². The van der Waals surface area contributed by atoms with Crippen molar-refractivity contribution in [3.63, 3.8) is 0 Å². The van der Waals surface area contributed by atoms with Gasteiger partial charge in [0.2, 0.25) is 0 Å². The lowest BCUT2D eigenvalue weighted by molar-refractivity contribution is -0.152. The molecule has 188 valence electrons. The molecule has 0 aliphatic rings. The van der Waals surface area contributed by atoms with Crippen molar-refractivity contribution >= 4 is 17.3 Å². The lowest BCUT2D eigenvalue weighted by Gasteiger charge is -2.22. The Balaban J connectivity index is 1.59. The third kappa shape index (κ3) is 6.75. The predicted molar refractivity (Wildman–Crippen MR) is 129 cm³/mol. The third-order valence-electron chi connectivity index (χ3n) is 5.41. The van der Waals surface area contributed by atoms with E-state index in [1.165, 1.54) is 37.3 Å². The van der Waals surface area contributed by atoms with Crippen LogP contribution in [0.3, 0.4) is 0 Å². The van der Waals surface area contributed by atoms with E-state index in [-0.39, 0.29) is 0 Å². The largest absolute Gasteiger partial charge is 0.493 e. The molecule has 0 spiro atoms. The van der Waals surface area contributed by atoms with Gasteiger partial charge >= 0.3 is 12.1 Å². The van der Waals surface area contributed by atoms with E-state index < -0.39 is 23.3 Å². The van der Waals surface area contributed by atoms with Crippen molar-refractivity contribution in [3.8, 4) is 22.1 Å². The number of nitrogens with zero attached hydrogens (tertiary/aromatic N) is 1. The van der Waals surface area contributed by atoms with E-state index in [9.17, 15) is 23.1 Å². The van der Waals surface area contributed by atoms with Crippen LogP contribution in [-0.2, 0) is 23.8 Å². The molecule has 1 heterocycles. The van der Waals surface area contributed by atoms with Crippen molar-refractivity contribution in [1.82, 2.24) is 4.98 Å². The van der Waals surface area contributed by atoms with Crippen LogP contribution in [0.15, 0.2) is 42.5 Å². The van der Waals surface area contributed by atoms with Crippen LogP contribution in [0.25, 0.3) is 10.6 Å². The fourth-order valence-electron chi connectivity index (χ4n) is 3.38. The van der Waals surface area contributed by atoms with Crippen molar-refractivity contribution < 1.29 is 32.5 Å². The normalized spacial score (nSPS) is 12.0. The highest BCUT2D eigenvalue weighted by atomic mass is 32.1. The van der Waals surface area contributed by atoms with Gasteiger partial charge in [0.25, 0.3) is 0 Å². The standard InChI is InChI=1S/C26H28F3NO4S/c1-5-20-22(35-23(30-20)17-8-10-18(11-9-17)26(27,28)29)7-6-14-33-21-13-12-19(15-16(21)2)34-25(3,4)24(31)32/h8-13,15H,5-7,14H2,1-4H3,(H,31,32). The summed E-state index contributed by atoms with van der Waals surface area (Å²) in [6.45, 7) is 7.32. The van der Waals surface area contributed by atoms with E-state index in [0.717, 1.165) is 47.5 Å². The Morgan fingerprint density at radius 3 is 2.37 bits per heavy atom. The van der Waals surface area contributed by atoms with Crippen molar-refractivity contribution in [1.29, 1.82) is 0 Å². The van der Waals surface area contributed by atoms with Crippen LogP contribution in [0.4, 0.5) is 13.2 Å². The molecule has 0 atom stereocenters. The van der Waals surface area contributed by atoms with E-state index in [4.69, 9.17) is 9.47 Å². The summed E-state index contributed by atoms with van der Waals surface area (Å²) < 4.78 is 49.9. The van der Waals surface area contributed by atoms with Crippen molar-refractivity contribution in [2.24, 2.45) is 0 Å². The van der Waals surface area contributed by atoms with E-state index in [1.807, 2.05) is 13.8 Å². The minimum absolute atomic E-state index is 0.454. The molecule has 0 fully saturated rings. The monoisotopic (exact) mass is 507 g/mol. The molecule has 0 saturated carbocycles. The molecule has 9 heteroatoms. The molecule has 35 heavy (non-hydrogen) atoms. The second-order valence-corrected chi connectivity index (χ2v) is 9.70. The Morgan fingerprint density at radius 1 is 1.11 bits per heavy atom. The highest BCUT2D eigenvalue weighted by Gasteiger charge is 2.30. The Kier molecular flexibility index (Phi) is 8.10. The number of thiazole rings is 1. The number of benzene rings is 2. The van der Waals surface area contributed by atoms with E-state index in [0.29, 0.717) is 28.7 Å². The first-order valence-corrected chi connectivity index (χ1v) is 12.0. The number of carboxylic acid groups (broad SMARTS) is 1. The number of aryl methyl sites for hydroxylation is 3. The Hall–Kier alpha value is -3.07. The zero-order valence-corrected chi connectivity index (χ0v) is 20.8. The smallest absolute Gasteiger partial charge is 0.416 e. The number of hydrogen-bond acceptors (Lipinski definition) is 5. The van der Waals surface area contributed by atoms with Gasteiger partial charge in [-0.05, 0) is 75.9 Å². The number of alkyl halides is 3. The second-order valence-electron chi connectivity index (χ2n) is 8.61. The molecule has 0 radical (unpaired) electrons. The minimum atomic E-state index is -4.36. The van der Waals surface area contributed by atoms with Crippen LogP contribution in [0.1, 0.15) is 48.9 Å². The van der Waals surface area contributed by atoms with E-state index in [2.05, 4.69) is 4.98 Å². The number of carbonyl (C=O) groups is 1. The average Bonchev–Trinajstić information content (AvgIpc) is 3.20. The molecule has 0 amide bonds. The molecule has 0 aliphatic heterocycles. The number of aromatic nitrogens is 1. The number of aliphatic carboxylic acids is 1. The van der Waals surface area contributed by atoms with Crippen LogP contribution in [-0.4, -0.2) is 28.3 Å². The summed E-state index contributed by atoms with van der Waals surface area (Å²) in [5.41, 5.74) is 0.444. The van der Waals surface area contributed by atoms with Crippen molar-refractivity contribution in [2.75, 3.05) is 6.61 Å². The van der Waals surface area contributed by atoms with Crippen LogP contribution >= 0.6 is 11.3 Å². The lowest BCUT2D eigenvalue weighted by atomic mass is 10.1. The first-order valence-electron chi connectivity index (χ1n) is 11.2. The maximum atomic E-state index is 12.8. The second kappa shape index (κ2) is 10.7. The van der Waals surface area contributed by atoms with E-state index in [1.54, 1.807) is 18.2 Å². The molecule has 3 aromatic rings. The molecule has 2 aromatic carbocycles. The van der Waals surface area contributed by atoms with Crippen LogP contribution < -0.4 is 9.47 Å². The molecule has 0 saturated heterocycles. The molecular weight excluding hydrogens is 479 g/mol. The number of halogens is 3. The van der Waals surface area contributed by atoms with Gasteiger partial charge in [-0.2, -0.15) is 13.2 Å². The molecule has 5 nitrogen and oxygen atoms in total. The zero-order chi connectivity index (χ0) is 25.8. The van der Waals surface area contributed by atoms with Gasteiger partial charge in [0.1, 0.15) is 16.5 Å². The van der Waals surface area contributed by atoms with Crippen molar-refractivity contribution in [3.05, 3.63) is 64.2 Å². The summed E-state index contributed by atoms with van der Waals surface area (Å²) >= 11 is 1.50. The van der Waals surface area contributed by atoms with Gasteiger partial charge < -0.3 is 14.6 Å². The first-order chi connectivity index (χ1) is 16.4. The van der Waals surface area contributed by atoms with Crippen LogP contribution in [0.5, 0.6) is 11.5 Å². The fraction of sp³-hybridized carbons (Fsp3) is 0.385. The topological polar surface area (TPSA) is 68.7 Å². The summed E-state index contributed by atoms with van der Waals surface area (Å²) in [4.78, 5) is 17.0. The van der Waals surface area contributed by atoms with Gasteiger partial charge in [-0.3, -0.25) is 0 Å². The molecule has 1 aromatic heterocycles. The molecular formula is C26H28F3NO4S. The van der Waals surface area contributed by atoms with Gasteiger partial charge in [0.15, 0.2) is 5.60 Å². The van der Waals surface area contributed by atoms with Gasteiger partial charge in [-0.1, -0.05) is 19.1 Å². The van der Waals surface area contributed by atoms with Gasteiger partial charge in [-0.15, -0.1) is 11.3 Å². The number of ether oxygens (including phenoxy) is 2. The fourth-order valence-corrected chi connectivity index (χ4v) is 4.58. The summed E-state index contributed by atoms with van der Waals surface area (Å²) in [7, 11) is 0. The molecule has 1 N–H and O–H groups in total. The summed E-state index contributed by atoms with van der Waals surface area (Å²) in [5.74, 6) is 0.0951. The predicted octanol–water partition coefficient (Wildman–Crippen LogP) is 6.95. The van der Waals surface area contributed by atoms with Crippen LogP contribution in [0, 0.1) is 6.92 Å². The summed E-state index contributed by atoms with van der Waals surface area (Å²) in [6, 6.07) is 10.3. The maximum Gasteiger partial charge on any atom is 0.416 e. The molecule has 0 unspecified atom stereocenters. The lowest BCUT2D eigenvalue weighted by Crippen LogP contribution is -2.37. The summed E-state index contributed by atoms with van der Waals surface area (Å²) in [6.07, 6.45) is -2.14. The first kappa shape index (κ1) is 26.5. The minimum Gasteiger partial charge on any atom is -0.493 e. The number of hydrogen-bond donors (Lipinski definition) is 1. The summed E-state index contributed by atoms with van der Waals surface area (Å²) in [5, 5.41) is 9.92. The number of carboxylic acids is 1. The zero-order valence-electron chi connectivity index (χ0n) is 20.0. The third-order valence-corrected chi connectivity index (χ3v) is 6.62. The molecule has 0 aliphatic carbocycles.